The molecule has 7 nitrogen and oxygen atoms in total. The predicted octanol–water partition coefficient (Wildman–Crippen LogP) is 2.94. The van der Waals surface area contributed by atoms with Crippen LogP contribution in [-0.4, -0.2) is 29.3 Å². The Bertz CT molecular complexity index is 865. The lowest BCUT2D eigenvalue weighted by Gasteiger charge is -2.13. The molecule has 0 atom stereocenters. The number of fused-ring (bicyclic) bond motifs is 1. The number of esters is 1. The number of nitrogens with one attached hydrogen (secondary N) is 1. The standard InChI is InChI=1S/C19H20N2O5/c1-3-25-19(24)17-11(2)16-14(5-4-6-15(16)26-17)20-21-18(23)12-7-9-13(22)10-8-12/h7-10,22H,3-6H2,1-2H3,(H,21,23)/b20-14+. The molecule has 0 unspecified atom stereocenters. The summed E-state index contributed by atoms with van der Waals surface area (Å²) in [5.74, 6) is 0.0966. The monoisotopic (exact) mass is 356 g/mol. The largest absolute Gasteiger partial charge is 0.508 e. The van der Waals surface area contributed by atoms with E-state index in [1.807, 2.05) is 0 Å². The van der Waals surface area contributed by atoms with Crippen molar-refractivity contribution in [3.8, 4) is 5.75 Å². The Labute approximate surface area is 150 Å². The van der Waals surface area contributed by atoms with Gasteiger partial charge in [0.2, 0.25) is 5.76 Å². The molecule has 0 bridgehead atoms. The third-order valence-corrected chi connectivity index (χ3v) is 4.21. The van der Waals surface area contributed by atoms with Crippen molar-refractivity contribution in [3.05, 3.63) is 52.5 Å². The zero-order valence-electron chi connectivity index (χ0n) is 14.7. The number of hydrazone groups is 1. The van der Waals surface area contributed by atoms with Gasteiger partial charge in [-0.25, -0.2) is 10.2 Å². The van der Waals surface area contributed by atoms with E-state index in [0.717, 1.165) is 12.0 Å². The lowest BCUT2D eigenvalue weighted by Crippen LogP contribution is -2.22. The van der Waals surface area contributed by atoms with Gasteiger partial charge in [-0.05, 0) is 51.0 Å². The zero-order chi connectivity index (χ0) is 18.7. The molecule has 1 aromatic carbocycles. The van der Waals surface area contributed by atoms with Crippen LogP contribution in [0.2, 0.25) is 0 Å². The summed E-state index contributed by atoms with van der Waals surface area (Å²) in [6.07, 6.45) is 2.20. The Kier molecular flexibility index (Phi) is 5.06. The number of rotatable bonds is 4. The summed E-state index contributed by atoms with van der Waals surface area (Å²) >= 11 is 0. The third kappa shape index (κ3) is 3.46. The van der Waals surface area contributed by atoms with Crippen molar-refractivity contribution in [1.29, 1.82) is 0 Å². The number of nitrogens with zero attached hydrogens (tertiary/aromatic N) is 1. The molecule has 0 saturated heterocycles. The Morgan fingerprint density at radius 2 is 2.00 bits per heavy atom. The number of benzene rings is 1. The minimum Gasteiger partial charge on any atom is -0.508 e. The highest BCUT2D eigenvalue weighted by Gasteiger charge is 2.28. The second kappa shape index (κ2) is 7.43. The number of furan rings is 1. The van der Waals surface area contributed by atoms with Crippen molar-refractivity contribution < 1.29 is 23.8 Å². The topological polar surface area (TPSA) is 101 Å². The first-order chi connectivity index (χ1) is 12.5. The molecular formula is C19H20N2O5. The Balaban J connectivity index is 1.84. The maximum absolute atomic E-state index is 12.2. The second-order valence-electron chi connectivity index (χ2n) is 5.97. The van der Waals surface area contributed by atoms with E-state index in [9.17, 15) is 14.7 Å². The number of carbonyl (C=O) groups is 2. The van der Waals surface area contributed by atoms with Crippen molar-refractivity contribution in [2.24, 2.45) is 5.10 Å². The van der Waals surface area contributed by atoms with Gasteiger partial charge in [-0.3, -0.25) is 4.79 Å². The first-order valence-electron chi connectivity index (χ1n) is 8.47. The molecule has 2 N–H and O–H groups in total. The molecule has 0 aliphatic heterocycles. The SMILES string of the molecule is CCOC(=O)c1oc2c(c1C)/C(=N/NC(=O)c1ccc(O)cc1)CCC2. The minimum atomic E-state index is -0.494. The van der Waals surface area contributed by atoms with Crippen LogP contribution in [0.25, 0.3) is 0 Å². The fourth-order valence-electron chi connectivity index (χ4n) is 2.97. The molecule has 7 heteroatoms. The zero-order valence-corrected chi connectivity index (χ0v) is 14.7. The normalized spacial score (nSPS) is 14.8. The number of hydrogen-bond donors (Lipinski definition) is 2. The van der Waals surface area contributed by atoms with E-state index in [2.05, 4.69) is 10.5 Å². The highest BCUT2D eigenvalue weighted by molar-refractivity contribution is 6.06. The van der Waals surface area contributed by atoms with Crippen molar-refractivity contribution in [2.75, 3.05) is 6.61 Å². The van der Waals surface area contributed by atoms with Crippen LogP contribution in [0.15, 0.2) is 33.8 Å². The van der Waals surface area contributed by atoms with Crippen LogP contribution in [0, 0.1) is 6.92 Å². The number of phenolic OH excluding ortho intramolecular Hbond substituents is 1. The lowest BCUT2D eigenvalue weighted by molar-refractivity contribution is 0.0486. The molecule has 0 fully saturated rings. The predicted molar refractivity (Wildman–Crippen MR) is 94.4 cm³/mol. The van der Waals surface area contributed by atoms with Crippen LogP contribution in [0.4, 0.5) is 0 Å². The van der Waals surface area contributed by atoms with Crippen LogP contribution in [0.1, 0.15) is 57.6 Å². The number of amides is 1. The molecule has 1 amide bonds. The van der Waals surface area contributed by atoms with Gasteiger partial charge in [-0.2, -0.15) is 5.10 Å². The Morgan fingerprint density at radius 3 is 2.69 bits per heavy atom. The molecule has 0 saturated carbocycles. The molecule has 1 aromatic heterocycles. The van der Waals surface area contributed by atoms with Crippen molar-refractivity contribution in [2.45, 2.75) is 33.1 Å². The van der Waals surface area contributed by atoms with E-state index in [1.165, 1.54) is 24.3 Å². The van der Waals surface area contributed by atoms with E-state index < -0.39 is 5.97 Å². The van der Waals surface area contributed by atoms with Crippen LogP contribution >= 0.6 is 0 Å². The smallest absolute Gasteiger partial charge is 0.374 e. The quantitative estimate of drug-likeness (QED) is 0.648. The van der Waals surface area contributed by atoms with Gasteiger partial charge in [-0.1, -0.05) is 0 Å². The molecule has 1 aliphatic carbocycles. The number of phenols is 1. The number of ether oxygens (including phenoxy) is 1. The summed E-state index contributed by atoms with van der Waals surface area (Å²) in [5, 5.41) is 13.5. The average Bonchev–Trinajstić information content (AvgIpc) is 2.98. The van der Waals surface area contributed by atoms with E-state index in [0.29, 0.717) is 35.4 Å². The number of aryl methyl sites for hydroxylation is 1. The van der Waals surface area contributed by atoms with E-state index >= 15 is 0 Å². The molecule has 3 rings (SSSR count). The van der Waals surface area contributed by atoms with Crippen molar-refractivity contribution in [1.82, 2.24) is 5.43 Å². The molecule has 136 valence electrons. The van der Waals surface area contributed by atoms with Crippen LogP contribution in [0.3, 0.4) is 0 Å². The third-order valence-electron chi connectivity index (χ3n) is 4.21. The van der Waals surface area contributed by atoms with Crippen LogP contribution in [0.5, 0.6) is 5.75 Å². The maximum Gasteiger partial charge on any atom is 0.374 e. The van der Waals surface area contributed by atoms with Crippen molar-refractivity contribution in [3.63, 3.8) is 0 Å². The molecule has 2 aromatic rings. The van der Waals surface area contributed by atoms with Gasteiger partial charge in [0.1, 0.15) is 11.5 Å². The summed E-state index contributed by atoms with van der Waals surface area (Å²) in [4.78, 5) is 24.2. The van der Waals surface area contributed by atoms with Gasteiger partial charge in [0.15, 0.2) is 0 Å². The van der Waals surface area contributed by atoms with Gasteiger partial charge >= 0.3 is 5.97 Å². The minimum absolute atomic E-state index is 0.0882. The van der Waals surface area contributed by atoms with Crippen LogP contribution in [-0.2, 0) is 11.2 Å². The highest BCUT2D eigenvalue weighted by atomic mass is 16.5. The van der Waals surface area contributed by atoms with Gasteiger partial charge in [0.25, 0.3) is 5.91 Å². The summed E-state index contributed by atoms with van der Waals surface area (Å²) in [5.41, 5.74) is 5.04. The lowest BCUT2D eigenvalue weighted by atomic mass is 9.93. The number of hydrogen-bond acceptors (Lipinski definition) is 6. The summed E-state index contributed by atoms with van der Waals surface area (Å²) in [6, 6.07) is 5.90. The van der Waals surface area contributed by atoms with Gasteiger partial charge in [0, 0.05) is 23.1 Å². The average molecular weight is 356 g/mol. The molecule has 0 spiro atoms. The number of carbonyl (C=O) groups excluding carboxylic acids is 2. The Morgan fingerprint density at radius 1 is 1.27 bits per heavy atom. The van der Waals surface area contributed by atoms with Gasteiger partial charge in [0.05, 0.1) is 12.3 Å². The molecule has 26 heavy (non-hydrogen) atoms. The summed E-state index contributed by atoms with van der Waals surface area (Å²) < 4.78 is 10.7. The fraction of sp³-hybridized carbons (Fsp3) is 0.316. The van der Waals surface area contributed by atoms with Gasteiger partial charge < -0.3 is 14.3 Å². The summed E-state index contributed by atoms with van der Waals surface area (Å²) in [7, 11) is 0. The second-order valence-corrected chi connectivity index (χ2v) is 5.97. The first-order valence-corrected chi connectivity index (χ1v) is 8.47. The molecule has 1 heterocycles. The molecular weight excluding hydrogens is 336 g/mol. The molecule has 1 aliphatic rings. The van der Waals surface area contributed by atoms with E-state index in [4.69, 9.17) is 9.15 Å². The first kappa shape index (κ1) is 17.7. The van der Waals surface area contributed by atoms with E-state index in [-0.39, 0.29) is 24.0 Å². The van der Waals surface area contributed by atoms with Gasteiger partial charge in [-0.15, -0.1) is 0 Å². The van der Waals surface area contributed by atoms with Crippen molar-refractivity contribution >= 4 is 17.6 Å². The maximum atomic E-state index is 12.2. The number of aromatic hydroxyl groups is 1. The highest BCUT2D eigenvalue weighted by Crippen LogP contribution is 2.30. The summed E-state index contributed by atoms with van der Waals surface area (Å²) in [6.45, 7) is 3.80. The van der Waals surface area contributed by atoms with Crippen LogP contribution < -0.4 is 5.43 Å². The fourth-order valence-corrected chi connectivity index (χ4v) is 2.97. The van der Waals surface area contributed by atoms with E-state index in [1.54, 1.807) is 13.8 Å². The molecule has 0 radical (unpaired) electrons. The Hall–Kier alpha value is -3.09.